The molecule has 2 aromatic carbocycles. The normalized spacial score (nSPS) is 10.8. The van der Waals surface area contributed by atoms with Gasteiger partial charge in [-0.3, -0.25) is 9.59 Å². The Kier molecular flexibility index (Phi) is 8.92. The summed E-state index contributed by atoms with van der Waals surface area (Å²) in [6.07, 6.45) is 2.98. The molecule has 174 valence electrons. The van der Waals surface area contributed by atoms with Crippen LogP contribution in [0.5, 0.6) is 0 Å². The Morgan fingerprint density at radius 3 is 2.39 bits per heavy atom. The van der Waals surface area contributed by atoms with Crippen molar-refractivity contribution in [2.45, 2.75) is 46.0 Å². The molecule has 0 radical (unpaired) electrons. The standard InChI is InChI=1S/C25H28Cl2N4O2/c1-3-4-15-28-22(32)11-8-12-23(33)29-25-24(18-9-6-5-7-10-18)17(2)30-31(25)19-13-14-20(26)21(27)16-19/h5-7,9-10,13-14,16H,3-4,8,11-12,15H2,1-2H3,(H,28,32)(H,29,33). The highest BCUT2D eigenvalue weighted by atomic mass is 35.5. The average molecular weight is 487 g/mol. The number of nitrogens with zero attached hydrogens (tertiary/aromatic N) is 2. The Bertz CT molecular complexity index is 1110. The number of rotatable bonds is 10. The van der Waals surface area contributed by atoms with Gasteiger partial charge in [0.15, 0.2) is 0 Å². The Balaban J connectivity index is 1.82. The van der Waals surface area contributed by atoms with Gasteiger partial charge in [0, 0.05) is 24.9 Å². The number of nitrogens with one attached hydrogen (secondary N) is 2. The van der Waals surface area contributed by atoms with E-state index in [0.717, 1.165) is 29.7 Å². The number of carbonyl (C=O) groups is 2. The Hall–Kier alpha value is -2.83. The van der Waals surface area contributed by atoms with Crippen LogP contribution in [0, 0.1) is 6.92 Å². The highest BCUT2D eigenvalue weighted by Crippen LogP contribution is 2.34. The zero-order chi connectivity index (χ0) is 23.8. The fourth-order valence-electron chi connectivity index (χ4n) is 3.49. The predicted molar refractivity (Wildman–Crippen MR) is 134 cm³/mol. The second-order valence-electron chi connectivity index (χ2n) is 7.79. The summed E-state index contributed by atoms with van der Waals surface area (Å²) in [5.74, 6) is 0.335. The highest BCUT2D eigenvalue weighted by Gasteiger charge is 2.20. The lowest BCUT2D eigenvalue weighted by molar-refractivity contribution is -0.121. The summed E-state index contributed by atoms with van der Waals surface area (Å²) in [7, 11) is 0. The summed E-state index contributed by atoms with van der Waals surface area (Å²) in [5, 5.41) is 11.4. The molecule has 0 aliphatic heterocycles. The summed E-state index contributed by atoms with van der Waals surface area (Å²) in [4.78, 5) is 24.7. The Morgan fingerprint density at radius 2 is 1.70 bits per heavy atom. The fourth-order valence-corrected chi connectivity index (χ4v) is 3.79. The zero-order valence-corrected chi connectivity index (χ0v) is 20.3. The number of amides is 2. The lowest BCUT2D eigenvalue weighted by Crippen LogP contribution is -2.24. The summed E-state index contributed by atoms with van der Waals surface area (Å²) >= 11 is 12.3. The molecule has 0 spiro atoms. The van der Waals surface area contributed by atoms with E-state index in [0.29, 0.717) is 40.9 Å². The molecule has 8 heteroatoms. The van der Waals surface area contributed by atoms with E-state index in [9.17, 15) is 9.59 Å². The van der Waals surface area contributed by atoms with Crippen LogP contribution in [0.4, 0.5) is 5.82 Å². The second kappa shape index (κ2) is 11.9. The van der Waals surface area contributed by atoms with Crippen molar-refractivity contribution in [1.29, 1.82) is 0 Å². The molecule has 1 heterocycles. The van der Waals surface area contributed by atoms with Crippen molar-refractivity contribution in [1.82, 2.24) is 15.1 Å². The lowest BCUT2D eigenvalue weighted by atomic mass is 10.1. The zero-order valence-electron chi connectivity index (χ0n) is 18.8. The largest absolute Gasteiger partial charge is 0.356 e. The number of benzene rings is 2. The van der Waals surface area contributed by atoms with Crippen molar-refractivity contribution in [2.24, 2.45) is 0 Å². The maximum absolute atomic E-state index is 12.8. The number of anilines is 1. The number of aromatic nitrogens is 2. The molecule has 0 aliphatic rings. The van der Waals surface area contributed by atoms with Gasteiger partial charge in [0.1, 0.15) is 5.82 Å². The van der Waals surface area contributed by atoms with Crippen molar-refractivity contribution < 1.29 is 9.59 Å². The summed E-state index contributed by atoms with van der Waals surface area (Å²) in [5.41, 5.74) is 3.21. The van der Waals surface area contributed by atoms with Crippen molar-refractivity contribution in [3.05, 3.63) is 64.3 Å². The maximum Gasteiger partial charge on any atom is 0.225 e. The van der Waals surface area contributed by atoms with Gasteiger partial charge in [0.2, 0.25) is 11.8 Å². The fraction of sp³-hybridized carbons (Fsp3) is 0.320. The first-order valence-corrected chi connectivity index (χ1v) is 11.8. The van der Waals surface area contributed by atoms with Crippen molar-refractivity contribution in [3.8, 4) is 16.8 Å². The van der Waals surface area contributed by atoms with Crippen molar-refractivity contribution in [2.75, 3.05) is 11.9 Å². The molecule has 0 unspecified atom stereocenters. The van der Waals surface area contributed by atoms with Crippen LogP contribution in [0.15, 0.2) is 48.5 Å². The lowest BCUT2D eigenvalue weighted by Gasteiger charge is -2.12. The molecule has 3 aromatic rings. The SMILES string of the molecule is CCCCNC(=O)CCCC(=O)Nc1c(-c2ccccc2)c(C)nn1-c1ccc(Cl)c(Cl)c1. The third kappa shape index (κ3) is 6.59. The number of unbranched alkanes of at least 4 members (excludes halogenated alkanes) is 1. The first-order chi connectivity index (χ1) is 15.9. The molecule has 0 saturated heterocycles. The molecule has 0 atom stereocenters. The van der Waals surface area contributed by atoms with Gasteiger partial charge < -0.3 is 10.6 Å². The van der Waals surface area contributed by atoms with Crippen LogP contribution in [-0.2, 0) is 9.59 Å². The monoisotopic (exact) mass is 486 g/mol. The van der Waals surface area contributed by atoms with Gasteiger partial charge in [-0.25, -0.2) is 4.68 Å². The van der Waals surface area contributed by atoms with Crippen LogP contribution in [0.1, 0.15) is 44.7 Å². The van der Waals surface area contributed by atoms with Crippen LogP contribution >= 0.6 is 23.2 Å². The topological polar surface area (TPSA) is 76.0 Å². The summed E-state index contributed by atoms with van der Waals surface area (Å²) in [6, 6.07) is 15.0. The minimum absolute atomic E-state index is 0.0297. The van der Waals surface area contributed by atoms with E-state index in [4.69, 9.17) is 23.2 Å². The number of hydrogen-bond acceptors (Lipinski definition) is 3. The molecule has 6 nitrogen and oxygen atoms in total. The highest BCUT2D eigenvalue weighted by molar-refractivity contribution is 6.42. The van der Waals surface area contributed by atoms with Gasteiger partial charge in [0.25, 0.3) is 0 Å². The van der Waals surface area contributed by atoms with E-state index >= 15 is 0 Å². The molecule has 2 amide bonds. The molecule has 0 bridgehead atoms. The molecule has 0 aliphatic carbocycles. The summed E-state index contributed by atoms with van der Waals surface area (Å²) < 4.78 is 1.66. The molecule has 1 aromatic heterocycles. The van der Waals surface area contributed by atoms with E-state index in [1.807, 2.05) is 37.3 Å². The maximum atomic E-state index is 12.8. The quantitative estimate of drug-likeness (QED) is 0.336. The van der Waals surface area contributed by atoms with Crippen LogP contribution in [0.25, 0.3) is 16.8 Å². The summed E-state index contributed by atoms with van der Waals surface area (Å²) in [6.45, 7) is 4.64. The minimum Gasteiger partial charge on any atom is -0.356 e. The van der Waals surface area contributed by atoms with Gasteiger partial charge in [-0.1, -0.05) is 66.9 Å². The van der Waals surface area contributed by atoms with Gasteiger partial charge in [-0.15, -0.1) is 0 Å². The third-order valence-electron chi connectivity index (χ3n) is 5.19. The van der Waals surface area contributed by atoms with Crippen molar-refractivity contribution >= 4 is 40.8 Å². The smallest absolute Gasteiger partial charge is 0.225 e. The van der Waals surface area contributed by atoms with E-state index in [2.05, 4.69) is 22.7 Å². The average Bonchev–Trinajstić information content (AvgIpc) is 3.12. The Labute approximate surface area is 204 Å². The third-order valence-corrected chi connectivity index (χ3v) is 5.93. The van der Waals surface area contributed by atoms with Gasteiger partial charge in [-0.2, -0.15) is 5.10 Å². The van der Waals surface area contributed by atoms with Gasteiger partial charge in [0.05, 0.1) is 21.4 Å². The van der Waals surface area contributed by atoms with Crippen LogP contribution in [-0.4, -0.2) is 28.1 Å². The first-order valence-electron chi connectivity index (χ1n) is 11.1. The van der Waals surface area contributed by atoms with Crippen LogP contribution in [0.2, 0.25) is 10.0 Å². The number of hydrogen-bond donors (Lipinski definition) is 2. The number of halogens is 2. The first kappa shape index (κ1) is 24.8. The van der Waals surface area contributed by atoms with E-state index in [1.54, 1.807) is 22.9 Å². The second-order valence-corrected chi connectivity index (χ2v) is 8.60. The van der Waals surface area contributed by atoms with Crippen LogP contribution < -0.4 is 10.6 Å². The van der Waals surface area contributed by atoms with Crippen molar-refractivity contribution in [3.63, 3.8) is 0 Å². The number of aryl methyl sites for hydroxylation is 1. The van der Waals surface area contributed by atoms with Gasteiger partial charge in [-0.05, 0) is 43.5 Å². The molecule has 3 rings (SSSR count). The minimum atomic E-state index is -0.185. The van der Waals surface area contributed by atoms with E-state index < -0.39 is 0 Å². The van der Waals surface area contributed by atoms with E-state index in [-0.39, 0.29) is 18.2 Å². The van der Waals surface area contributed by atoms with Gasteiger partial charge >= 0.3 is 0 Å². The van der Waals surface area contributed by atoms with E-state index in [1.165, 1.54) is 0 Å². The molecule has 2 N–H and O–H groups in total. The molecule has 0 saturated carbocycles. The molecular formula is C25H28Cl2N4O2. The molecule has 33 heavy (non-hydrogen) atoms. The molecule has 0 fully saturated rings. The molecular weight excluding hydrogens is 459 g/mol. The van der Waals surface area contributed by atoms with Crippen LogP contribution in [0.3, 0.4) is 0 Å². The Morgan fingerprint density at radius 1 is 0.970 bits per heavy atom. The predicted octanol–water partition coefficient (Wildman–Crippen LogP) is 6.18. The number of carbonyl (C=O) groups excluding carboxylic acids is 2.